The number of aliphatic imine (C=N–C) groups is 1. The van der Waals surface area contributed by atoms with Crippen LogP contribution in [-0.2, 0) is 4.79 Å². The third kappa shape index (κ3) is 7.33. The Balaban J connectivity index is 4.21. The predicted octanol–water partition coefficient (Wildman–Crippen LogP) is 5.02. The summed E-state index contributed by atoms with van der Waals surface area (Å²) in [4.78, 5) is 14.7. The van der Waals surface area contributed by atoms with Crippen LogP contribution in [0.1, 0.15) is 85.0 Å². The summed E-state index contributed by atoms with van der Waals surface area (Å²) < 4.78 is 0. The third-order valence-electron chi connectivity index (χ3n) is 3.68. The van der Waals surface area contributed by atoms with Crippen molar-refractivity contribution in [2.24, 2.45) is 4.99 Å². The van der Waals surface area contributed by atoms with E-state index in [1.54, 1.807) is 6.08 Å². The molecule has 0 radical (unpaired) electrons. The maximum atomic E-state index is 10.6. The first-order valence-electron chi connectivity index (χ1n) is 7.33. The molecule has 0 spiro atoms. The average molecular weight is 239 g/mol. The van der Waals surface area contributed by atoms with Gasteiger partial charge in [0.2, 0.25) is 6.08 Å². The van der Waals surface area contributed by atoms with Crippen molar-refractivity contribution in [2.45, 2.75) is 90.5 Å². The molecule has 0 fully saturated rings. The summed E-state index contributed by atoms with van der Waals surface area (Å²) >= 11 is 0. The standard InChI is InChI=1S/C15H29NO/c1-4-7-9-11-13-15(6-3,16-14-17)12-10-8-5-2/h4-13H2,1-3H3. The normalized spacial score (nSPS) is 14.1. The minimum absolute atomic E-state index is 0.106. The van der Waals surface area contributed by atoms with Gasteiger partial charge in [0, 0.05) is 0 Å². The molecular formula is C15H29NO. The molecule has 0 aromatic carbocycles. The quantitative estimate of drug-likeness (QED) is 0.283. The summed E-state index contributed by atoms with van der Waals surface area (Å²) in [5.41, 5.74) is -0.106. The molecule has 0 saturated carbocycles. The van der Waals surface area contributed by atoms with E-state index >= 15 is 0 Å². The lowest BCUT2D eigenvalue weighted by molar-refractivity contribution is 0.328. The van der Waals surface area contributed by atoms with E-state index in [0.717, 1.165) is 19.3 Å². The molecule has 0 amide bonds. The number of unbranched alkanes of at least 4 members (excludes halogenated alkanes) is 5. The van der Waals surface area contributed by atoms with Gasteiger partial charge in [-0.3, -0.25) is 0 Å². The van der Waals surface area contributed by atoms with Gasteiger partial charge in [-0.15, -0.1) is 0 Å². The Morgan fingerprint density at radius 1 is 0.882 bits per heavy atom. The first-order valence-corrected chi connectivity index (χ1v) is 7.33. The maximum absolute atomic E-state index is 10.6. The van der Waals surface area contributed by atoms with Gasteiger partial charge in [-0.2, -0.15) is 4.99 Å². The van der Waals surface area contributed by atoms with Crippen LogP contribution in [0.15, 0.2) is 4.99 Å². The second-order valence-corrected chi connectivity index (χ2v) is 5.05. The fourth-order valence-electron chi connectivity index (χ4n) is 2.35. The van der Waals surface area contributed by atoms with Crippen LogP contribution in [-0.4, -0.2) is 11.6 Å². The number of carbonyl (C=O) groups excluding carboxylic acids is 1. The van der Waals surface area contributed by atoms with Crippen LogP contribution in [0.5, 0.6) is 0 Å². The van der Waals surface area contributed by atoms with Crippen molar-refractivity contribution in [2.75, 3.05) is 0 Å². The van der Waals surface area contributed by atoms with Crippen LogP contribution in [0, 0.1) is 0 Å². The van der Waals surface area contributed by atoms with Crippen molar-refractivity contribution < 1.29 is 4.79 Å². The van der Waals surface area contributed by atoms with Gasteiger partial charge in [0.05, 0.1) is 5.54 Å². The van der Waals surface area contributed by atoms with Crippen LogP contribution in [0.3, 0.4) is 0 Å². The van der Waals surface area contributed by atoms with Crippen molar-refractivity contribution >= 4 is 6.08 Å². The molecule has 2 heteroatoms. The van der Waals surface area contributed by atoms with E-state index in [9.17, 15) is 4.79 Å². The van der Waals surface area contributed by atoms with Crippen LogP contribution in [0.4, 0.5) is 0 Å². The highest BCUT2D eigenvalue weighted by molar-refractivity contribution is 5.34. The smallest absolute Gasteiger partial charge is 0.211 e. The zero-order chi connectivity index (χ0) is 13.0. The summed E-state index contributed by atoms with van der Waals surface area (Å²) in [7, 11) is 0. The van der Waals surface area contributed by atoms with Gasteiger partial charge in [-0.1, -0.05) is 65.7 Å². The lowest BCUT2D eigenvalue weighted by Crippen LogP contribution is -2.25. The minimum atomic E-state index is -0.106. The molecule has 100 valence electrons. The number of rotatable bonds is 11. The van der Waals surface area contributed by atoms with E-state index in [4.69, 9.17) is 0 Å². The molecule has 0 rings (SSSR count). The van der Waals surface area contributed by atoms with E-state index in [0.29, 0.717) is 0 Å². The van der Waals surface area contributed by atoms with Gasteiger partial charge in [0.25, 0.3) is 0 Å². The Labute approximate surface area is 107 Å². The van der Waals surface area contributed by atoms with Gasteiger partial charge < -0.3 is 0 Å². The molecule has 17 heavy (non-hydrogen) atoms. The SMILES string of the molecule is CCCCCCC(CC)(CCCCC)N=C=O. The van der Waals surface area contributed by atoms with Crippen LogP contribution >= 0.6 is 0 Å². The van der Waals surface area contributed by atoms with Crippen molar-refractivity contribution in [3.63, 3.8) is 0 Å². The first kappa shape index (κ1) is 16.4. The van der Waals surface area contributed by atoms with Crippen molar-refractivity contribution in [3.8, 4) is 0 Å². The summed E-state index contributed by atoms with van der Waals surface area (Å²) in [6, 6.07) is 0. The summed E-state index contributed by atoms with van der Waals surface area (Å²) in [6.07, 6.45) is 13.5. The number of hydrogen-bond acceptors (Lipinski definition) is 2. The van der Waals surface area contributed by atoms with Gasteiger partial charge in [-0.25, -0.2) is 4.79 Å². The molecule has 0 saturated heterocycles. The molecule has 2 nitrogen and oxygen atoms in total. The molecule has 0 aliphatic rings. The largest absolute Gasteiger partial charge is 0.235 e. The topological polar surface area (TPSA) is 29.4 Å². The highest BCUT2D eigenvalue weighted by atomic mass is 16.1. The van der Waals surface area contributed by atoms with Crippen LogP contribution < -0.4 is 0 Å². The zero-order valence-electron chi connectivity index (χ0n) is 11.9. The average Bonchev–Trinajstić information content (AvgIpc) is 2.35. The first-order chi connectivity index (χ1) is 8.24. The molecule has 0 heterocycles. The lowest BCUT2D eigenvalue weighted by Gasteiger charge is -2.27. The molecule has 0 aromatic heterocycles. The Bertz CT molecular complexity index is 221. The second kappa shape index (κ2) is 10.5. The van der Waals surface area contributed by atoms with Crippen LogP contribution in [0.2, 0.25) is 0 Å². The third-order valence-corrected chi connectivity index (χ3v) is 3.68. The Hall–Kier alpha value is -0.620. The predicted molar refractivity (Wildman–Crippen MR) is 74.0 cm³/mol. The fraction of sp³-hybridized carbons (Fsp3) is 0.933. The number of hydrogen-bond donors (Lipinski definition) is 0. The summed E-state index contributed by atoms with van der Waals surface area (Å²) in [5, 5.41) is 0. The highest BCUT2D eigenvalue weighted by Gasteiger charge is 2.26. The maximum Gasteiger partial charge on any atom is 0.235 e. The molecule has 0 aliphatic carbocycles. The molecule has 1 unspecified atom stereocenters. The highest BCUT2D eigenvalue weighted by Crippen LogP contribution is 2.29. The molecular weight excluding hydrogens is 210 g/mol. The molecule has 0 aliphatic heterocycles. The van der Waals surface area contributed by atoms with Crippen molar-refractivity contribution in [3.05, 3.63) is 0 Å². The molecule has 0 N–H and O–H groups in total. The molecule has 1 atom stereocenters. The Morgan fingerprint density at radius 3 is 1.88 bits per heavy atom. The van der Waals surface area contributed by atoms with E-state index in [-0.39, 0.29) is 5.54 Å². The lowest BCUT2D eigenvalue weighted by atomic mass is 9.85. The van der Waals surface area contributed by atoms with E-state index < -0.39 is 0 Å². The number of nitrogens with zero attached hydrogens (tertiary/aromatic N) is 1. The number of isocyanates is 1. The molecule has 0 bridgehead atoms. The monoisotopic (exact) mass is 239 g/mol. The summed E-state index contributed by atoms with van der Waals surface area (Å²) in [5.74, 6) is 0. The summed E-state index contributed by atoms with van der Waals surface area (Å²) in [6.45, 7) is 6.57. The van der Waals surface area contributed by atoms with Crippen molar-refractivity contribution in [1.82, 2.24) is 0 Å². The van der Waals surface area contributed by atoms with Crippen LogP contribution in [0.25, 0.3) is 0 Å². The van der Waals surface area contributed by atoms with Gasteiger partial charge in [0.15, 0.2) is 0 Å². The Kier molecular flexibility index (Phi) is 10.1. The Morgan fingerprint density at radius 2 is 1.41 bits per heavy atom. The fourth-order valence-corrected chi connectivity index (χ4v) is 2.35. The molecule has 0 aromatic rings. The minimum Gasteiger partial charge on any atom is -0.211 e. The van der Waals surface area contributed by atoms with E-state index in [1.807, 2.05) is 0 Å². The zero-order valence-corrected chi connectivity index (χ0v) is 11.9. The van der Waals surface area contributed by atoms with E-state index in [2.05, 4.69) is 25.8 Å². The van der Waals surface area contributed by atoms with Crippen molar-refractivity contribution in [1.29, 1.82) is 0 Å². The second-order valence-electron chi connectivity index (χ2n) is 5.05. The van der Waals surface area contributed by atoms with Gasteiger partial charge >= 0.3 is 0 Å². The van der Waals surface area contributed by atoms with Gasteiger partial charge in [-0.05, 0) is 19.3 Å². The van der Waals surface area contributed by atoms with E-state index in [1.165, 1.54) is 44.9 Å². The van der Waals surface area contributed by atoms with Gasteiger partial charge in [0.1, 0.15) is 0 Å².